The molecule has 0 radical (unpaired) electrons. The highest BCUT2D eigenvalue weighted by atomic mass is 16.5. The van der Waals surface area contributed by atoms with Gasteiger partial charge >= 0.3 is 0 Å². The van der Waals surface area contributed by atoms with Gasteiger partial charge in [-0.2, -0.15) is 5.10 Å². The molecule has 3 rings (SSSR count). The minimum atomic E-state index is -0.752. The molecule has 2 N–H and O–H groups in total. The molecule has 3 aromatic rings. The Hall–Kier alpha value is -2.60. The van der Waals surface area contributed by atoms with Crippen LogP contribution in [0.3, 0.4) is 0 Å². The van der Waals surface area contributed by atoms with E-state index in [0.29, 0.717) is 11.6 Å². The van der Waals surface area contributed by atoms with Gasteiger partial charge in [0.15, 0.2) is 0 Å². The maximum Gasteiger partial charge on any atom is 0.233 e. The zero-order valence-electron chi connectivity index (χ0n) is 13.1. The molecule has 6 heteroatoms. The lowest BCUT2D eigenvalue weighted by molar-refractivity contribution is 0.0606. The van der Waals surface area contributed by atoms with Crippen molar-refractivity contribution in [3.8, 4) is 11.6 Å². The molecule has 0 fully saturated rings. The van der Waals surface area contributed by atoms with Crippen LogP contribution in [0.5, 0.6) is 11.6 Å². The fraction of sp³-hybridized carbons (Fsp3) is 0.294. The summed E-state index contributed by atoms with van der Waals surface area (Å²) in [5.74, 6) is 1.10. The summed E-state index contributed by atoms with van der Waals surface area (Å²) in [7, 11) is 0. The van der Waals surface area contributed by atoms with E-state index >= 15 is 0 Å². The van der Waals surface area contributed by atoms with Crippen LogP contribution in [-0.2, 0) is 0 Å². The van der Waals surface area contributed by atoms with E-state index in [9.17, 15) is 5.11 Å². The summed E-state index contributed by atoms with van der Waals surface area (Å²) in [5, 5.41) is 19.0. The van der Waals surface area contributed by atoms with E-state index in [2.05, 4.69) is 15.2 Å². The third-order valence-corrected chi connectivity index (χ3v) is 3.60. The van der Waals surface area contributed by atoms with Crippen LogP contribution in [0.15, 0.2) is 36.5 Å². The molecule has 6 nitrogen and oxygen atoms in total. The lowest BCUT2D eigenvalue weighted by Crippen LogP contribution is -2.25. The Kier molecular flexibility index (Phi) is 4.43. The Balaban J connectivity index is 1.50. The molecule has 23 heavy (non-hydrogen) atoms. The molecule has 0 aliphatic heterocycles. The number of rotatable bonds is 6. The van der Waals surface area contributed by atoms with Gasteiger partial charge in [-0.25, -0.2) is 0 Å². The molecule has 2 heterocycles. The molecule has 120 valence electrons. The van der Waals surface area contributed by atoms with Gasteiger partial charge in [0.25, 0.3) is 0 Å². The molecule has 0 aliphatic carbocycles. The lowest BCUT2D eigenvalue weighted by Gasteiger charge is -2.13. The molecule has 0 aliphatic rings. The Morgan fingerprint density at radius 3 is 2.74 bits per heavy atom. The van der Waals surface area contributed by atoms with E-state index in [1.54, 1.807) is 6.07 Å². The highest BCUT2D eigenvalue weighted by Crippen LogP contribution is 2.19. The number of H-pyrrole nitrogens is 1. The number of benzene rings is 1. The second kappa shape index (κ2) is 6.66. The van der Waals surface area contributed by atoms with E-state index in [1.165, 1.54) is 0 Å². The van der Waals surface area contributed by atoms with E-state index in [1.807, 2.05) is 44.3 Å². The van der Waals surface area contributed by atoms with Crippen LogP contribution in [0.25, 0.3) is 10.9 Å². The maximum absolute atomic E-state index is 9.96. The first-order chi connectivity index (χ1) is 11.1. The van der Waals surface area contributed by atoms with Crippen molar-refractivity contribution in [1.82, 2.24) is 15.2 Å². The average molecular weight is 313 g/mol. The van der Waals surface area contributed by atoms with Crippen LogP contribution in [0, 0.1) is 13.8 Å². The van der Waals surface area contributed by atoms with Gasteiger partial charge in [0.2, 0.25) is 5.88 Å². The topological polar surface area (TPSA) is 80.3 Å². The molecular formula is C17H19N3O3. The number of aliphatic hydroxyl groups excluding tert-OH is 1. The summed E-state index contributed by atoms with van der Waals surface area (Å²) in [4.78, 5) is 3.12. The molecule has 0 amide bonds. The molecule has 0 spiro atoms. The molecule has 0 saturated heterocycles. The van der Waals surface area contributed by atoms with Crippen LogP contribution in [0.1, 0.15) is 11.3 Å². The van der Waals surface area contributed by atoms with Crippen LogP contribution in [0.4, 0.5) is 0 Å². The summed E-state index contributed by atoms with van der Waals surface area (Å²) in [6.45, 7) is 4.06. The largest absolute Gasteiger partial charge is 0.491 e. The number of aryl methyl sites for hydroxylation is 2. The van der Waals surface area contributed by atoms with Crippen molar-refractivity contribution in [2.75, 3.05) is 13.2 Å². The Morgan fingerprint density at radius 1 is 1.09 bits per heavy atom. The van der Waals surface area contributed by atoms with Crippen molar-refractivity contribution < 1.29 is 14.6 Å². The third kappa shape index (κ3) is 3.78. The number of hydrogen-bond acceptors (Lipinski definition) is 5. The first kappa shape index (κ1) is 15.3. The minimum Gasteiger partial charge on any atom is -0.491 e. The predicted octanol–water partition coefficient (Wildman–Crippen LogP) is 2.39. The van der Waals surface area contributed by atoms with Gasteiger partial charge in [-0.15, -0.1) is 5.10 Å². The summed E-state index contributed by atoms with van der Waals surface area (Å²) < 4.78 is 11.0. The molecule has 1 atom stereocenters. The Labute approximate surface area is 134 Å². The summed E-state index contributed by atoms with van der Waals surface area (Å²) in [6, 6.07) is 9.53. The van der Waals surface area contributed by atoms with E-state index in [4.69, 9.17) is 9.47 Å². The molecular weight excluding hydrogens is 294 g/mol. The number of nitrogens with zero attached hydrogens (tertiary/aromatic N) is 2. The van der Waals surface area contributed by atoms with Gasteiger partial charge in [0, 0.05) is 23.8 Å². The van der Waals surface area contributed by atoms with E-state index in [0.717, 1.165) is 22.2 Å². The summed E-state index contributed by atoms with van der Waals surface area (Å²) in [5.41, 5.74) is 2.86. The number of aliphatic hydroxyl groups is 1. The summed E-state index contributed by atoms with van der Waals surface area (Å²) in [6.07, 6.45) is 1.12. The SMILES string of the molecule is Cc1cc(OCC(O)COc2ccc3cc[nH]c3c2)nnc1C. The first-order valence-electron chi connectivity index (χ1n) is 7.43. The number of aromatic amines is 1. The van der Waals surface area contributed by atoms with Crippen LogP contribution in [0.2, 0.25) is 0 Å². The highest BCUT2D eigenvalue weighted by Gasteiger charge is 2.09. The second-order valence-corrected chi connectivity index (χ2v) is 5.45. The molecule has 2 aromatic heterocycles. The average Bonchev–Trinajstić information content (AvgIpc) is 3.01. The highest BCUT2D eigenvalue weighted by molar-refractivity contribution is 5.80. The predicted molar refractivity (Wildman–Crippen MR) is 86.8 cm³/mol. The van der Waals surface area contributed by atoms with Gasteiger partial charge in [0.05, 0.1) is 5.69 Å². The van der Waals surface area contributed by atoms with Gasteiger partial charge < -0.3 is 19.6 Å². The van der Waals surface area contributed by atoms with Gasteiger partial charge in [-0.05, 0) is 43.0 Å². The minimum absolute atomic E-state index is 0.0991. The first-order valence-corrected chi connectivity index (χ1v) is 7.43. The molecule has 1 aromatic carbocycles. The van der Waals surface area contributed by atoms with E-state index < -0.39 is 6.10 Å². The summed E-state index contributed by atoms with van der Waals surface area (Å²) >= 11 is 0. The fourth-order valence-corrected chi connectivity index (χ4v) is 2.13. The number of aromatic nitrogens is 3. The molecule has 0 saturated carbocycles. The van der Waals surface area contributed by atoms with Crippen molar-refractivity contribution in [3.63, 3.8) is 0 Å². The van der Waals surface area contributed by atoms with Crippen molar-refractivity contribution in [2.24, 2.45) is 0 Å². The zero-order chi connectivity index (χ0) is 16.2. The smallest absolute Gasteiger partial charge is 0.233 e. The molecule has 0 bridgehead atoms. The van der Waals surface area contributed by atoms with Crippen LogP contribution < -0.4 is 9.47 Å². The Morgan fingerprint density at radius 2 is 1.91 bits per heavy atom. The van der Waals surface area contributed by atoms with Crippen LogP contribution >= 0.6 is 0 Å². The maximum atomic E-state index is 9.96. The van der Waals surface area contributed by atoms with Gasteiger partial charge in [-0.1, -0.05) is 0 Å². The van der Waals surface area contributed by atoms with Crippen molar-refractivity contribution >= 4 is 10.9 Å². The fourth-order valence-electron chi connectivity index (χ4n) is 2.13. The quantitative estimate of drug-likeness (QED) is 0.730. The third-order valence-electron chi connectivity index (χ3n) is 3.60. The van der Waals surface area contributed by atoms with Gasteiger partial charge in [-0.3, -0.25) is 0 Å². The molecule has 1 unspecified atom stereocenters. The Bertz CT molecular complexity index is 801. The number of nitrogens with one attached hydrogen (secondary N) is 1. The number of ether oxygens (including phenoxy) is 2. The van der Waals surface area contributed by atoms with Crippen molar-refractivity contribution in [1.29, 1.82) is 0 Å². The normalized spacial score (nSPS) is 12.3. The second-order valence-electron chi connectivity index (χ2n) is 5.45. The van der Waals surface area contributed by atoms with Crippen molar-refractivity contribution in [2.45, 2.75) is 20.0 Å². The van der Waals surface area contributed by atoms with Crippen molar-refractivity contribution in [3.05, 3.63) is 47.8 Å². The number of fused-ring (bicyclic) bond motifs is 1. The monoisotopic (exact) mass is 313 g/mol. The standard InChI is InChI=1S/C17H19N3O3/c1-11-7-17(20-19-12(11)2)23-10-14(21)9-22-15-4-3-13-5-6-18-16(13)8-15/h3-8,14,18,21H,9-10H2,1-2H3. The van der Waals surface area contributed by atoms with Gasteiger partial charge in [0.1, 0.15) is 25.1 Å². The number of hydrogen-bond donors (Lipinski definition) is 2. The van der Waals surface area contributed by atoms with E-state index in [-0.39, 0.29) is 13.2 Å². The van der Waals surface area contributed by atoms with Crippen LogP contribution in [-0.4, -0.2) is 39.6 Å². The zero-order valence-corrected chi connectivity index (χ0v) is 13.1. The lowest BCUT2D eigenvalue weighted by atomic mass is 10.2.